The van der Waals surface area contributed by atoms with Gasteiger partial charge < -0.3 is 15.5 Å². The molecule has 0 unspecified atom stereocenters. The van der Waals surface area contributed by atoms with E-state index in [1.807, 2.05) is 13.8 Å². The molecule has 0 bridgehead atoms. The van der Waals surface area contributed by atoms with Gasteiger partial charge in [-0.1, -0.05) is 0 Å². The number of carbonyl (C=O) groups is 1. The molecule has 0 saturated carbocycles. The van der Waals surface area contributed by atoms with E-state index in [0.29, 0.717) is 6.54 Å². The second kappa shape index (κ2) is 7.09. The molecule has 1 heterocycles. The highest BCUT2D eigenvalue weighted by Gasteiger charge is 2.15. The summed E-state index contributed by atoms with van der Waals surface area (Å²) < 4.78 is 0. The van der Waals surface area contributed by atoms with Gasteiger partial charge in [-0.05, 0) is 26.7 Å². The van der Waals surface area contributed by atoms with E-state index in [1.54, 1.807) is 0 Å². The van der Waals surface area contributed by atoms with Crippen LogP contribution in [0.2, 0.25) is 0 Å². The Morgan fingerprint density at radius 1 is 1.19 bits per heavy atom. The first kappa shape index (κ1) is 12.8. The van der Waals surface area contributed by atoms with Crippen molar-refractivity contribution in [2.24, 2.45) is 4.99 Å². The highest BCUT2D eigenvalue weighted by molar-refractivity contribution is 5.85. The second-order valence-corrected chi connectivity index (χ2v) is 3.82. The number of likely N-dealkylation sites (tertiary alicyclic amines) is 1. The van der Waals surface area contributed by atoms with E-state index in [0.717, 1.165) is 25.6 Å². The zero-order chi connectivity index (χ0) is 11.8. The fourth-order valence-corrected chi connectivity index (χ4v) is 1.75. The zero-order valence-electron chi connectivity index (χ0n) is 10.3. The summed E-state index contributed by atoms with van der Waals surface area (Å²) in [5, 5.41) is 5.96. The molecule has 0 aromatic rings. The number of nitrogens with zero attached hydrogens (tertiary/aromatic N) is 2. The van der Waals surface area contributed by atoms with Gasteiger partial charge in [0.1, 0.15) is 6.54 Å². The first-order valence-electron chi connectivity index (χ1n) is 6.07. The van der Waals surface area contributed by atoms with E-state index in [-0.39, 0.29) is 12.5 Å². The number of carbonyl (C=O) groups excluding carboxylic acids is 1. The van der Waals surface area contributed by atoms with Crippen molar-refractivity contribution in [3.63, 3.8) is 0 Å². The van der Waals surface area contributed by atoms with Gasteiger partial charge in [-0.3, -0.25) is 4.79 Å². The zero-order valence-corrected chi connectivity index (χ0v) is 10.3. The maximum Gasteiger partial charge on any atom is 0.241 e. The Hall–Kier alpha value is -1.26. The SMILES string of the molecule is CCNC(=O)CN=C(NCC)N1CCCC1. The largest absolute Gasteiger partial charge is 0.357 e. The highest BCUT2D eigenvalue weighted by atomic mass is 16.1. The van der Waals surface area contributed by atoms with Gasteiger partial charge in [-0.25, -0.2) is 4.99 Å². The lowest BCUT2D eigenvalue weighted by molar-refractivity contribution is -0.119. The van der Waals surface area contributed by atoms with Crippen LogP contribution in [0.5, 0.6) is 0 Å². The Morgan fingerprint density at radius 3 is 2.38 bits per heavy atom. The maximum atomic E-state index is 11.3. The van der Waals surface area contributed by atoms with Crippen LogP contribution >= 0.6 is 0 Å². The molecule has 0 aliphatic carbocycles. The molecule has 0 aromatic carbocycles. The Bertz CT molecular complexity index is 246. The minimum absolute atomic E-state index is 0.0166. The van der Waals surface area contributed by atoms with Crippen molar-refractivity contribution in [3.8, 4) is 0 Å². The average molecular weight is 226 g/mol. The van der Waals surface area contributed by atoms with Gasteiger partial charge in [0.15, 0.2) is 5.96 Å². The number of nitrogens with one attached hydrogen (secondary N) is 2. The second-order valence-electron chi connectivity index (χ2n) is 3.82. The molecule has 1 rings (SSSR count). The lowest BCUT2D eigenvalue weighted by Crippen LogP contribution is -2.40. The summed E-state index contributed by atoms with van der Waals surface area (Å²) in [6, 6.07) is 0. The number of guanidine groups is 1. The lowest BCUT2D eigenvalue weighted by atomic mass is 10.4. The van der Waals surface area contributed by atoms with Crippen molar-refractivity contribution >= 4 is 11.9 Å². The van der Waals surface area contributed by atoms with Crippen LogP contribution in [0.15, 0.2) is 4.99 Å². The molecule has 5 nitrogen and oxygen atoms in total. The summed E-state index contributed by atoms with van der Waals surface area (Å²) in [4.78, 5) is 17.8. The molecule has 0 aromatic heterocycles. The summed E-state index contributed by atoms with van der Waals surface area (Å²) >= 11 is 0. The summed E-state index contributed by atoms with van der Waals surface area (Å²) in [5.41, 5.74) is 0. The molecule has 1 aliphatic rings. The topological polar surface area (TPSA) is 56.7 Å². The monoisotopic (exact) mass is 226 g/mol. The molecule has 1 saturated heterocycles. The van der Waals surface area contributed by atoms with Crippen molar-refractivity contribution in [3.05, 3.63) is 0 Å². The summed E-state index contributed by atoms with van der Waals surface area (Å²) in [5.74, 6) is 0.850. The predicted octanol–water partition coefficient (Wildman–Crippen LogP) is 0.184. The number of hydrogen-bond acceptors (Lipinski definition) is 2. The minimum atomic E-state index is -0.0166. The Morgan fingerprint density at radius 2 is 1.81 bits per heavy atom. The first-order valence-corrected chi connectivity index (χ1v) is 6.07. The number of aliphatic imine (C=N–C) groups is 1. The van der Waals surface area contributed by atoms with Gasteiger partial charge in [0, 0.05) is 26.2 Å². The predicted molar refractivity (Wildman–Crippen MR) is 65.5 cm³/mol. The standard InChI is InChI=1S/C11H22N4O/c1-3-12-10(16)9-14-11(13-4-2)15-7-5-6-8-15/h3-9H2,1-2H3,(H,12,16)(H,13,14). The molecular weight excluding hydrogens is 204 g/mol. The molecule has 0 radical (unpaired) electrons. The van der Waals surface area contributed by atoms with E-state index >= 15 is 0 Å². The first-order chi connectivity index (χ1) is 7.77. The van der Waals surface area contributed by atoms with Crippen molar-refractivity contribution < 1.29 is 4.79 Å². The number of amides is 1. The molecule has 1 fully saturated rings. The third-order valence-electron chi connectivity index (χ3n) is 2.49. The van der Waals surface area contributed by atoms with Crippen LogP contribution in [0.3, 0.4) is 0 Å². The maximum absolute atomic E-state index is 11.3. The van der Waals surface area contributed by atoms with Gasteiger partial charge in [0.2, 0.25) is 5.91 Å². The van der Waals surface area contributed by atoms with Crippen LogP contribution in [0.1, 0.15) is 26.7 Å². The quantitative estimate of drug-likeness (QED) is 0.531. The lowest BCUT2D eigenvalue weighted by Gasteiger charge is -2.20. The van der Waals surface area contributed by atoms with Crippen molar-refractivity contribution in [2.45, 2.75) is 26.7 Å². The number of hydrogen-bond donors (Lipinski definition) is 2. The Balaban J connectivity index is 2.47. The van der Waals surface area contributed by atoms with E-state index in [9.17, 15) is 4.79 Å². The van der Waals surface area contributed by atoms with Gasteiger partial charge in [-0.2, -0.15) is 0 Å². The molecule has 16 heavy (non-hydrogen) atoms. The molecule has 0 spiro atoms. The fraction of sp³-hybridized carbons (Fsp3) is 0.818. The normalized spacial score (nSPS) is 16.4. The van der Waals surface area contributed by atoms with Crippen molar-refractivity contribution in [1.29, 1.82) is 0 Å². The molecule has 2 N–H and O–H groups in total. The van der Waals surface area contributed by atoms with Crippen LogP contribution in [0.4, 0.5) is 0 Å². The highest BCUT2D eigenvalue weighted by Crippen LogP contribution is 2.07. The third kappa shape index (κ3) is 4.08. The summed E-state index contributed by atoms with van der Waals surface area (Å²) in [7, 11) is 0. The molecule has 1 amide bonds. The van der Waals surface area contributed by atoms with E-state index in [2.05, 4.69) is 20.5 Å². The smallest absolute Gasteiger partial charge is 0.241 e. The average Bonchev–Trinajstić information content (AvgIpc) is 2.78. The molecule has 0 atom stereocenters. The van der Waals surface area contributed by atoms with Crippen LogP contribution in [0, 0.1) is 0 Å². The number of likely N-dealkylation sites (N-methyl/N-ethyl adjacent to an activating group) is 1. The van der Waals surface area contributed by atoms with Gasteiger partial charge in [0.25, 0.3) is 0 Å². The molecule has 1 aliphatic heterocycles. The van der Waals surface area contributed by atoms with E-state index in [4.69, 9.17) is 0 Å². The van der Waals surface area contributed by atoms with Crippen LogP contribution in [0.25, 0.3) is 0 Å². The third-order valence-corrected chi connectivity index (χ3v) is 2.49. The Kier molecular flexibility index (Phi) is 5.67. The van der Waals surface area contributed by atoms with Crippen LogP contribution in [-0.2, 0) is 4.79 Å². The fourth-order valence-electron chi connectivity index (χ4n) is 1.75. The van der Waals surface area contributed by atoms with Crippen LogP contribution in [-0.4, -0.2) is 49.5 Å². The molecule has 92 valence electrons. The minimum Gasteiger partial charge on any atom is -0.357 e. The molecule has 5 heteroatoms. The summed E-state index contributed by atoms with van der Waals surface area (Å²) in [6.45, 7) is 7.75. The molecular formula is C11H22N4O. The van der Waals surface area contributed by atoms with Crippen molar-refractivity contribution in [2.75, 3.05) is 32.7 Å². The van der Waals surface area contributed by atoms with Gasteiger partial charge in [0.05, 0.1) is 0 Å². The Labute approximate surface area is 97.3 Å². The summed E-state index contributed by atoms with van der Waals surface area (Å²) in [6.07, 6.45) is 2.43. The van der Waals surface area contributed by atoms with Crippen LogP contribution < -0.4 is 10.6 Å². The van der Waals surface area contributed by atoms with Gasteiger partial charge in [-0.15, -0.1) is 0 Å². The van der Waals surface area contributed by atoms with Crippen molar-refractivity contribution in [1.82, 2.24) is 15.5 Å². The van der Waals surface area contributed by atoms with E-state index in [1.165, 1.54) is 12.8 Å². The van der Waals surface area contributed by atoms with Gasteiger partial charge >= 0.3 is 0 Å². The van der Waals surface area contributed by atoms with E-state index < -0.39 is 0 Å². The number of rotatable bonds is 4.